The fourth-order valence-corrected chi connectivity index (χ4v) is 2.63. The van der Waals surface area contributed by atoms with Crippen molar-refractivity contribution in [2.24, 2.45) is 5.92 Å². The largest absolute Gasteiger partial charge is 0.385 e. The highest BCUT2D eigenvalue weighted by Crippen LogP contribution is 2.42. The van der Waals surface area contributed by atoms with Crippen molar-refractivity contribution in [2.45, 2.75) is 51.2 Å². The molecular formula is C13H24N2O2. The Morgan fingerprint density at radius 1 is 1.53 bits per heavy atom. The molecule has 1 spiro atoms. The number of nitrogens with zero attached hydrogens (tertiary/aromatic N) is 1. The van der Waals surface area contributed by atoms with E-state index in [4.69, 9.17) is 4.74 Å². The highest BCUT2D eigenvalue weighted by atomic mass is 16.5. The van der Waals surface area contributed by atoms with Gasteiger partial charge < -0.3 is 9.64 Å². The van der Waals surface area contributed by atoms with Crippen LogP contribution in [0, 0.1) is 5.92 Å². The maximum atomic E-state index is 12.3. The number of rotatable bonds is 6. The van der Waals surface area contributed by atoms with Crippen LogP contribution >= 0.6 is 0 Å². The molecule has 0 aromatic rings. The predicted octanol–water partition coefficient (Wildman–Crippen LogP) is 1.36. The molecule has 1 saturated carbocycles. The number of methoxy groups -OCH3 is 1. The first-order valence-corrected chi connectivity index (χ1v) is 6.67. The third-order valence-corrected chi connectivity index (χ3v) is 3.68. The normalized spacial score (nSPS) is 26.2. The zero-order chi connectivity index (χ0) is 12.5. The summed E-state index contributed by atoms with van der Waals surface area (Å²) < 4.78 is 5.06. The van der Waals surface area contributed by atoms with Crippen LogP contribution in [0.15, 0.2) is 0 Å². The lowest BCUT2D eigenvalue weighted by molar-refractivity contribution is -0.131. The van der Waals surface area contributed by atoms with Crippen LogP contribution in [0.4, 0.5) is 0 Å². The number of carbonyl (C=O) groups excluding carboxylic acids is 1. The molecule has 0 bridgehead atoms. The number of hydrogen-bond donors (Lipinski definition) is 1. The summed E-state index contributed by atoms with van der Waals surface area (Å²) in [5.41, 5.74) is -0.174. The number of ether oxygens (including phenoxy) is 1. The Morgan fingerprint density at radius 2 is 2.24 bits per heavy atom. The van der Waals surface area contributed by atoms with Gasteiger partial charge in [-0.3, -0.25) is 10.1 Å². The molecule has 2 rings (SSSR count). The minimum Gasteiger partial charge on any atom is -0.385 e. The van der Waals surface area contributed by atoms with Crippen molar-refractivity contribution in [2.75, 3.05) is 20.3 Å². The fraction of sp³-hybridized carbons (Fsp3) is 0.923. The Bertz CT molecular complexity index is 287. The van der Waals surface area contributed by atoms with E-state index in [-0.39, 0.29) is 11.7 Å². The van der Waals surface area contributed by atoms with Crippen molar-refractivity contribution in [3.63, 3.8) is 0 Å². The topological polar surface area (TPSA) is 41.6 Å². The van der Waals surface area contributed by atoms with E-state index in [1.807, 2.05) is 4.90 Å². The van der Waals surface area contributed by atoms with Crippen LogP contribution in [-0.2, 0) is 9.53 Å². The van der Waals surface area contributed by atoms with E-state index in [1.54, 1.807) is 7.11 Å². The Morgan fingerprint density at radius 3 is 2.76 bits per heavy atom. The molecule has 2 aliphatic rings. The second kappa shape index (κ2) is 4.94. The van der Waals surface area contributed by atoms with Gasteiger partial charge in [0.1, 0.15) is 0 Å². The first-order valence-electron chi connectivity index (χ1n) is 6.67. The van der Waals surface area contributed by atoms with Gasteiger partial charge in [-0.1, -0.05) is 13.8 Å². The van der Waals surface area contributed by atoms with Gasteiger partial charge in [0.05, 0.1) is 11.7 Å². The van der Waals surface area contributed by atoms with E-state index in [0.29, 0.717) is 11.8 Å². The maximum absolute atomic E-state index is 12.3. The number of nitrogens with one attached hydrogen (secondary N) is 1. The van der Waals surface area contributed by atoms with Crippen molar-refractivity contribution in [1.82, 2.24) is 10.2 Å². The van der Waals surface area contributed by atoms with Gasteiger partial charge in [-0.05, 0) is 31.6 Å². The van der Waals surface area contributed by atoms with E-state index in [9.17, 15) is 4.79 Å². The molecule has 1 unspecified atom stereocenters. The molecule has 1 amide bonds. The molecule has 0 aromatic carbocycles. The molecule has 1 aliphatic carbocycles. The van der Waals surface area contributed by atoms with Crippen LogP contribution in [0.1, 0.15) is 39.5 Å². The number of carbonyl (C=O) groups is 1. The van der Waals surface area contributed by atoms with E-state index in [0.717, 1.165) is 38.8 Å². The summed E-state index contributed by atoms with van der Waals surface area (Å²) in [6, 6.07) is 0. The summed E-state index contributed by atoms with van der Waals surface area (Å²) in [4.78, 5) is 14.3. The van der Waals surface area contributed by atoms with Gasteiger partial charge in [0.15, 0.2) is 0 Å². The molecule has 1 aliphatic heterocycles. The van der Waals surface area contributed by atoms with Gasteiger partial charge in [-0.15, -0.1) is 0 Å². The van der Waals surface area contributed by atoms with Gasteiger partial charge in [0.25, 0.3) is 0 Å². The average Bonchev–Trinajstić information content (AvgIpc) is 2.98. The second-order valence-electron chi connectivity index (χ2n) is 5.72. The summed E-state index contributed by atoms with van der Waals surface area (Å²) in [7, 11) is 1.71. The zero-order valence-electron chi connectivity index (χ0n) is 11.2. The molecule has 1 saturated heterocycles. The van der Waals surface area contributed by atoms with Gasteiger partial charge in [0.2, 0.25) is 5.91 Å². The predicted molar refractivity (Wildman–Crippen MR) is 66.5 cm³/mol. The Kier molecular flexibility index (Phi) is 3.73. The van der Waals surface area contributed by atoms with Crippen molar-refractivity contribution in [1.29, 1.82) is 0 Å². The van der Waals surface area contributed by atoms with Gasteiger partial charge in [-0.2, -0.15) is 0 Å². The molecule has 1 heterocycles. The van der Waals surface area contributed by atoms with Crippen molar-refractivity contribution < 1.29 is 9.53 Å². The monoisotopic (exact) mass is 240 g/mol. The zero-order valence-corrected chi connectivity index (χ0v) is 11.2. The maximum Gasteiger partial charge on any atom is 0.244 e. The van der Waals surface area contributed by atoms with Crippen molar-refractivity contribution in [3.05, 3.63) is 0 Å². The SMILES string of the molecule is COCCCN1C(=O)C2(CC2)NC1CC(C)C. The summed E-state index contributed by atoms with van der Waals surface area (Å²) >= 11 is 0. The smallest absolute Gasteiger partial charge is 0.244 e. The highest BCUT2D eigenvalue weighted by Gasteiger charge is 2.58. The Hall–Kier alpha value is -0.610. The minimum atomic E-state index is -0.174. The lowest BCUT2D eigenvalue weighted by Crippen LogP contribution is -2.39. The average molecular weight is 240 g/mol. The summed E-state index contributed by atoms with van der Waals surface area (Å²) in [5, 5.41) is 3.53. The van der Waals surface area contributed by atoms with E-state index in [2.05, 4.69) is 19.2 Å². The molecule has 17 heavy (non-hydrogen) atoms. The molecule has 0 radical (unpaired) electrons. The van der Waals surface area contributed by atoms with E-state index in [1.165, 1.54) is 0 Å². The first kappa shape index (κ1) is 12.8. The minimum absolute atomic E-state index is 0.174. The van der Waals surface area contributed by atoms with Gasteiger partial charge in [0, 0.05) is 20.3 Å². The molecule has 0 aromatic heterocycles. The molecule has 4 heteroatoms. The van der Waals surface area contributed by atoms with Gasteiger partial charge in [-0.25, -0.2) is 0 Å². The number of amides is 1. The van der Waals surface area contributed by atoms with Crippen molar-refractivity contribution in [3.8, 4) is 0 Å². The number of hydrogen-bond acceptors (Lipinski definition) is 3. The van der Waals surface area contributed by atoms with Crippen LogP contribution in [0.3, 0.4) is 0 Å². The molecule has 98 valence electrons. The molecule has 2 fully saturated rings. The van der Waals surface area contributed by atoms with Crippen LogP contribution in [0.2, 0.25) is 0 Å². The quantitative estimate of drug-likeness (QED) is 0.713. The van der Waals surface area contributed by atoms with E-state index >= 15 is 0 Å². The molecular weight excluding hydrogens is 216 g/mol. The third kappa shape index (κ3) is 2.63. The first-order chi connectivity index (χ1) is 8.09. The summed E-state index contributed by atoms with van der Waals surface area (Å²) in [6.07, 6.45) is 4.24. The van der Waals surface area contributed by atoms with Crippen LogP contribution in [0.25, 0.3) is 0 Å². The van der Waals surface area contributed by atoms with Crippen LogP contribution in [-0.4, -0.2) is 42.8 Å². The third-order valence-electron chi connectivity index (χ3n) is 3.68. The van der Waals surface area contributed by atoms with Crippen molar-refractivity contribution >= 4 is 5.91 Å². The standard InChI is InChI=1S/C13H24N2O2/c1-10(2)9-11-14-13(5-6-13)12(16)15(11)7-4-8-17-3/h10-11,14H,4-9H2,1-3H3. The Balaban J connectivity index is 1.95. The molecule has 1 atom stereocenters. The summed E-state index contributed by atoms with van der Waals surface area (Å²) in [5.74, 6) is 0.929. The molecule has 1 N–H and O–H groups in total. The van der Waals surface area contributed by atoms with E-state index < -0.39 is 0 Å². The molecule has 4 nitrogen and oxygen atoms in total. The second-order valence-corrected chi connectivity index (χ2v) is 5.72. The summed E-state index contributed by atoms with van der Waals surface area (Å²) in [6.45, 7) is 5.96. The van der Waals surface area contributed by atoms with Crippen LogP contribution < -0.4 is 5.32 Å². The Labute approximate surface area is 104 Å². The van der Waals surface area contributed by atoms with Crippen LogP contribution in [0.5, 0.6) is 0 Å². The lowest BCUT2D eigenvalue weighted by atomic mass is 10.1. The highest BCUT2D eigenvalue weighted by molar-refractivity contribution is 5.91. The fourth-order valence-electron chi connectivity index (χ4n) is 2.63. The van der Waals surface area contributed by atoms with Gasteiger partial charge >= 0.3 is 0 Å². The lowest BCUT2D eigenvalue weighted by Gasteiger charge is -2.25.